The molecule has 0 aliphatic carbocycles. The number of tetrazole rings is 1. The molecule has 2 aromatic heterocycles. The molecule has 0 radical (unpaired) electrons. The summed E-state index contributed by atoms with van der Waals surface area (Å²) in [6, 6.07) is 3.67. The van der Waals surface area contributed by atoms with Crippen LogP contribution in [0.4, 0.5) is 5.82 Å². The zero-order valence-electron chi connectivity index (χ0n) is 14.0. The van der Waals surface area contributed by atoms with E-state index in [0.29, 0.717) is 44.9 Å². The van der Waals surface area contributed by atoms with Crippen molar-refractivity contribution in [1.82, 2.24) is 33.9 Å². The molecule has 0 saturated carbocycles. The summed E-state index contributed by atoms with van der Waals surface area (Å²) >= 11 is 0. The molecule has 0 amide bonds. The molecule has 4 heterocycles. The summed E-state index contributed by atoms with van der Waals surface area (Å²) in [5.74, 6) is 0.756. The molecule has 10 nitrogen and oxygen atoms in total. The molecule has 0 bridgehead atoms. The Kier molecular flexibility index (Phi) is 4.52. The standard InChI is InChI=1S/C14H22N8O2S/c23-25(24,20-7-3-1-2-4-8-20)21-11-9-19(10-12-21)14-6-5-13-15-17-18-22(13)16-14/h5-6H,1-4,7-12H2. The predicted octanol–water partition coefficient (Wildman–Crippen LogP) is -0.238. The molecule has 2 aliphatic heterocycles. The van der Waals surface area contributed by atoms with Gasteiger partial charge in [-0.25, -0.2) is 0 Å². The molecular weight excluding hydrogens is 344 g/mol. The second-order valence-corrected chi connectivity index (χ2v) is 8.35. The van der Waals surface area contributed by atoms with Crippen LogP contribution in [-0.4, -0.2) is 81.6 Å². The Morgan fingerprint density at radius 1 is 0.840 bits per heavy atom. The van der Waals surface area contributed by atoms with E-state index in [1.54, 1.807) is 8.61 Å². The highest BCUT2D eigenvalue weighted by Crippen LogP contribution is 2.20. The van der Waals surface area contributed by atoms with E-state index in [0.717, 1.165) is 31.5 Å². The maximum atomic E-state index is 12.9. The molecule has 2 fully saturated rings. The van der Waals surface area contributed by atoms with Crippen LogP contribution in [0.1, 0.15) is 25.7 Å². The number of fused-ring (bicyclic) bond motifs is 1. The van der Waals surface area contributed by atoms with Gasteiger partial charge in [0.1, 0.15) is 0 Å². The first-order valence-electron chi connectivity index (χ1n) is 8.70. The Morgan fingerprint density at radius 2 is 1.52 bits per heavy atom. The molecular formula is C14H22N8O2S. The van der Waals surface area contributed by atoms with Crippen molar-refractivity contribution >= 4 is 21.7 Å². The zero-order chi connectivity index (χ0) is 17.3. The van der Waals surface area contributed by atoms with Crippen molar-refractivity contribution in [3.05, 3.63) is 12.1 Å². The fourth-order valence-electron chi connectivity index (χ4n) is 3.39. The van der Waals surface area contributed by atoms with Crippen molar-refractivity contribution in [1.29, 1.82) is 0 Å². The normalized spacial score (nSPS) is 21.5. The van der Waals surface area contributed by atoms with Crippen molar-refractivity contribution in [2.75, 3.05) is 44.2 Å². The minimum Gasteiger partial charge on any atom is -0.352 e. The Labute approximate surface area is 146 Å². The van der Waals surface area contributed by atoms with E-state index in [4.69, 9.17) is 0 Å². The largest absolute Gasteiger partial charge is 0.352 e. The molecule has 2 aromatic rings. The highest BCUT2D eigenvalue weighted by Gasteiger charge is 2.32. The fraction of sp³-hybridized carbons (Fsp3) is 0.714. The van der Waals surface area contributed by atoms with Gasteiger partial charge in [-0.05, 0) is 35.4 Å². The number of hydrogen-bond acceptors (Lipinski definition) is 7. The summed E-state index contributed by atoms with van der Waals surface area (Å²) in [5.41, 5.74) is 0.589. The van der Waals surface area contributed by atoms with E-state index in [1.807, 2.05) is 12.1 Å². The van der Waals surface area contributed by atoms with Crippen LogP contribution in [-0.2, 0) is 10.2 Å². The number of nitrogens with zero attached hydrogens (tertiary/aromatic N) is 8. The van der Waals surface area contributed by atoms with Gasteiger partial charge in [0.25, 0.3) is 10.2 Å². The van der Waals surface area contributed by atoms with E-state index in [2.05, 4.69) is 25.5 Å². The molecule has 0 aromatic carbocycles. The van der Waals surface area contributed by atoms with Gasteiger partial charge in [0, 0.05) is 39.3 Å². The lowest BCUT2D eigenvalue weighted by molar-refractivity contribution is 0.326. The highest BCUT2D eigenvalue weighted by molar-refractivity contribution is 7.86. The highest BCUT2D eigenvalue weighted by atomic mass is 32.2. The number of piperazine rings is 1. The minimum absolute atomic E-state index is 0.466. The summed E-state index contributed by atoms with van der Waals surface area (Å²) in [4.78, 5) is 2.07. The molecule has 136 valence electrons. The first-order chi connectivity index (χ1) is 12.1. The van der Waals surface area contributed by atoms with E-state index >= 15 is 0 Å². The van der Waals surface area contributed by atoms with Gasteiger partial charge in [-0.15, -0.1) is 14.8 Å². The Morgan fingerprint density at radius 3 is 2.24 bits per heavy atom. The predicted molar refractivity (Wildman–Crippen MR) is 91.3 cm³/mol. The quantitative estimate of drug-likeness (QED) is 0.739. The van der Waals surface area contributed by atoms with Gasteiger partial charge < -0.3 is 4.90 Å². The van der Waals surface area contributed by atoms with E-state index in [-0.39, 0.29) is 0 Å². The van der Waals surface area contributed by atoms with E-state index < -0.39 is 10.2 Å². The van der Waals surface area contributed by atoms with Crippen LogP contribution < -0.4 is 4.90 Å². The van der Waals surface area contributed by atoms with Crippen LogP contribution in [0.25, 0.3) is 5.65 Å². The summed E-state index contributed by atoms with van der Waals surface area (Å²) < 4.78 is 30.4. The summed E-state index contributed by atoms with van der Waals surface area (Å²) in [6.45, 7) is 3.42. The third-order valence-corrected chi connectivity index (χ3v) is 6.87. The van der Waals surface area contributed by atoms with Gasteiger partial charge in [-0.2, -0.15) is 17.0 Å². The van der Waals surface area contributed by atoms with Crippen molar-refractivity contribution in [3.63, 3.8) is 0 Å². The Bertz CT molecular complexity index is 822. The lowest BCUT2D eigenvalue weighted by Crippen LogP contribution is -2.53. The van der Waals surface area contributed by atoms with Crippen molar-refractivity contribution in [3.8, 4) is 0 Å². The van der Waals surface area contributed by atoms with E-state index in [1.165, 1.54) is 4.63 Å². The molecule has 0 N–H and O–H groups in total. The molecule has 25 heavy (non-hydrogen) atoms. The van der Waals surface area contributed by atoms with Gasteiger partial charge >= 0.3 is 0 Å². The van der Waals surface area contributed by atoms with Crippen LogP contribution in [0.5, 0.6) is 0 Å². The average Bonchev–Trinajstić information content (AvgIpc) is 2.92. The molecule has 2 saturated heterocycles. The molecule has 4 rings (SSSR count). The van der Waals surface area contributed by atoms with Crippen LogP contribution in [0.3, 0.4) is 0 Å². The summed E-state index contributed by atoms with van der Waals surface area (Å²) in [7, 11) is -3.36. The van der Waals surface area contributed by atoms with E-state index in [9.17, 15) is 8.42 Å². The first-order valence-corrected chi connectivity index (χ1v) is 10.1. The van der Waals surface area contributed by atoms with Gasteiger partial charge in [-0.3, -0.25) is 0 Å². The van der Waals surface area contributed by atoms with Crippen molar-refractivity contribution in [2.45, 2.75) is 25.7 Å². The maximum Gasteiger partial charge on any atom is 0.282 e. The SMILES string of the molecule is O=S(=O)(N1CCCCCC1)N1CCN(c2ccc3nnnn3n2)CC1. The second-order valence-electron chi connectivity index (χ2n) is 6.43. The van der Waals surface area contributed by atoms with Crippen LogP contribution in [0.15, 0.2) is 12.1 Å². The lowest BCUT2D eigenvalue weighted by Gasteiger charge is -2.36. The van der Waals surface area contributed by atoms with Gasteiger partial charge in [0.15, 0.2) is 11.5 Å². The van der Waals surface area contributed by atoms with Gasteiger partial charge in [0.05, 0.1) is 0 Å². The molecule has 0 unspecified atom stereocenters. The molecule has 0 atom stereocenters. The van der Waals surface area contributed by atoms with Crippen molar-refractivity contribution in [2.24, 2.45) is 0 Å². The zero-order valence-corrected chi connectivity index (χ0v) is 14.8. The molecule has 2 aliphatic rings. The van der Waals surface area contributed by atoms with Crippen LogP contribution in [0, 0.1) is 0 Å². The monoisotopic (exact) mass is 366 g/mol. The first kappa shape index (κ1) is 16.6. The van der Waals surface area contributed by atoms with Gasteiger partial charge in [-0.1, -0.05) is 12.8 Å². The summed E-state index contributed by atoms with van der Waals surface area (Å²) in [5, 5.41) is 15.6. The topological polar surface area (TPSA) is 99.8 Å². The average molecular weight is 366 g/mol. The third-order valence-electron chi connectivity index (χ3n) is 4.84. The Hall–Kier alpha value is -1.85. The van der Waals surface area contributed by atoms with Crippen LogP contribution >= 0.6 is 0 Å². The number of rotatable bonds is 3. The lowest BCUT2D eigenvalue weighted by atomic mass is 10.2. The fourth-order valence-corrected chi connectivity index (χ4v) is 5.06. The summed E-state index contributed by atoms with van der Waals surface area (Å²) in [6.07, 6.45) is 4.14. The Balaban J connectivity index is 1.43. The second kappa shape index (κ2) is 6.81. The minimum atomic E-state index is -3.36. The third kappa shape index (κ3) is 3.31. The number of aromatic nitrogens is 5. The number of anilines is 1. The van der Waals surface area contributed by atoms with Crippen molar-refractivity contribution < 1.29 is 8.42 Å². The van der Waals surface area contributed by atoms with Gasteiger partial charge in [0.2, 0.25) is 0 Å². The maximum absolute atomic E-state index is 12.9. The number of hydrogen-bond donors (Lipinski definition) is 0. The smallest absolute Gasteiger partial charge is 0.282 e. The molecule has 11 heteroatoms. The molecule has 0 spiro atoms. The van der Waals surface area contributed by atoms with Crippen LogP contribution in [0.2, 0.25) is 0 Å².